The Labute approximate surface area is 159 Å². The second-order valence-corrected chi connectivity index (χ2v) is 6.60. The standard InChI is InChI=1S/C19H15ClFN3O3/c1-26-14-5-2-11(3-6-14)19-22-18(23-27-19)12-8-17(25)24(10-12)13-4-7-16(21)15(20)9-13/h2-7,9,12H,8,10H2,1H3/t12-/m0/s1. The summed E-state index contributed by atoms with van der Waals surface area (Å²) >= 11 is 5.82. The first-order valence-electron chi connectivity index (χ1n) is 8.28. The third-order valence-corrected chi connectivity index (χ3v) is 4.77. The monoisotopic (exact) mass is 387 g/mol. The predicted octanol–water partition coefficient (Wildman–Crippen LogP) is 4.06. The summed E-state index contributed by atoms with van der Waals surface area (Å²) < 4.78 is 23.8. The minimum absolute atomic E-state index is 0.0231. The maximum Gasteiger partial charge on any atom is 0.257 e. The van der Waals surface area contributed by atoms with Crippen LogP contribution in [0, 0.1) is 5.82 Å². The molecule has 1 atom stereocenters. The van der Waals surface area contributed by atoms with E-state index in [2.05, 4.69) is 10.1 Å². The van der Waals surface area contributed by atoms with Crippen molar-refractivity contribution in [3.05, 3.63) is 59.1 Å². The lowest BCUT2D eigenvalue weighted by Crippen LogP contribution is -2.24. The number of halogens is 2. The predicted molar refractivity (Wildman–Crippen MR) is 97.4 cm³/mol. The summed E-state index contributed by atoms with van der Waals surface area (Å²) in [5, 5.41) is 4.01. The lowest BCUT2D eigenvalue weighted by Gasteiger charge is -2.16. The van der Waals surface area contributed by atoms with Crippen molar-refractivity contribution < 1.29 is 18.4 Å². The second-order valence-electron chi connectivity index (χ2n) is 6.19. The zero-order valence-corrected chi connectivity index (χ0v) is 15.1. The van der Waals surface area contributed by atoms with Crippen LogP contribution in [-0.2, 0) is 4.79 Å². The molecule has 0 spiro atoms. The van der Waals surface area contributed by atoms with Crippen LogP contribution in [0.25, 0.3) is 11.5 Å². The van der Waals surface area contributed by atoms with Crippen LogP contribution in [-0.4, -0.2) is 29.7 Å². The number of nitrogens with zero attached hydrogens (tertiary/aromatic N) is 3. The van der Waals surface area contributed by atoms with Crippen LogP contribution in [0.2, 0.25) is 5.02 Å². The van der Waals surface area contributed by atoms with E-state index in [4.69, 9.17) is 20.9 Å². The number of hydrogen-bond acceptors (Lipinski definition) is 5. The fourth-order valence-electron chi connectivity index (χ4n) is 3.03. The minimum atomic E-state index is -0.522. The number of hydrogen-bond donors (Lipinski definition) is 0. The van der Waals surface area contributed by atoms with Crippen LogP contribution in [0.5, 0.6) is 5.75 Å². The van der Waals surface area contributed by atoms with E-state index in [0.717, 1.165) is 11.3 Å². The van der Waals surface area contributed by atoms with E-state index >= 15 is 0 Å². The Morgan fingerprint density at radius 1 is 1.26 bits per heavy atom. The molecule has 0 N–H and O–H groups in total. The van der Waals surface area contributed by atoms with Gasteiger partial charge in [0.05, 0.1) is 12.1 Å². The van der Waals surface area contributed by atoms with Gasteiger partial charge in [-0.3, -0.25) is 4.79 Å². The number of methoxy groups -OCH3 is 1. The van der Waals surface area contributed by atoms with Crippen molar-refractivity contribution in [2.24, 2.45) is 0 Å². The summed E-state index contributed by atoms with van der Waals surface area (Å²) in [6, 6.07) is 11.5. The molecule has 2 aromatic carbocycles. The summed E-state index contributed by atoms with van der Waals surface area (Å²) in [6.45, 7) is 0.377. The number of carbonyl (C=O) groups excluding carboxylic acids is 1. The Morgan fingerprint density at radius 2 is 2.04 bits per heavy atom. The lowest BCUT2D eigenvalue weighted by atomic mass is 10.1. The molecule has 3 aromatic rings. The van der Waals surface area contributed by atoms with E-state index < -0.39 is 5.82 Å². The molecule has 2 heterocycles. The topological polar surface area (TPSA) is 68.5 Å². The fourth-order valence-corrected chi connectivity index (χ4v) is 3.21. The van der Waals surface area contributed by atoms with Gasteiger partial charge in [-0.15, -0.1) is 0 Å². The van der Waals surface area contributed by atoms with E-state index in [9.17, 15) is 9.18 Å². The molecule has 0 radical (unpaired) electrons. The van der Waals surface area contributed by atoms with Gasteiger partial charge in [-0.1, -0.05) is 16.8 Å². The first-order chi connectivity index (χ1) is 13.0. The van der Waals surface area contributed by atoms with Crippen LogP contribution in [0.1, 0.15) is 18.2 Å². The summed E-state index contributed by atoms with van der Waals surface area (Å²) in [7, 11) is 1.59. The highest BCUT2D eigenvalue weighted by Gasteiger charge is 2.34. The number of ether oxygens (including phenoxy) is 1. The average molecular weight is 388 g/mol. The third kappa shape index (κ3) is 3.38. The Balaban J connectivity index is 1.53. The Morgan fingerprint density at radius 3 is 2.74 bits per heavy atom. The van der Waals surface area contributed by atoms with Crippen molar-refractivity contribution in [3.63, 3.8) is 0 Å². The van der Waals surface area contributed by atoms with Gasteiger partial charge in [-0.25, -0.2) is 4.39 Å². The molecule has 0 aliphatic carbocycles. The maximum absolute atomic E-state index is 13.4. The van der Waals surface area contributed by atoms with Crippen LogP contribution in [0.4, 0.5) is 10.1 Å². The molecule has 0 saturated carbocycles. The van der Waals surface area contributed by atoms with E-state index in [1.807, 2.05) is 12.1 Å². The van der Waals surface area contributed by atoms with Crippen molar-refractivity contribution in [1.29, 1.82) is 0 Å². The SMILES string of the molecule is COc1ccc(-c2nc([C@H]3CC(=O)N(c4ccc(F)c(Cl)c4)C3)no2)cc1. The van der Waals surface area contributed by atoms with Gasteiger partial charge in [0.2, 0.25) is 5.91 Å². The molecule has 1 amide bonds. The van der Waals surface area contributed by atoms with E-state index in [0.29, 0.717) is 23.9 Å². The zero-order chi connectivity index (χ0) is 19.0. The molecule has 138 valence electrons. The third-order valence-electron chi connectivity index (χ3n) is 4.48. The van der Waals surface area contributed by atoms with Crippen LogP contribution in [0.15, 0.2) is 47.0 Å². The van der Waals surface area contributed by atoms with Crippen molar-refractivity contribution in [2.75, 3.05) is 18.6 Å². The smallest absolute Gasteiger partial charge is 0.257 e. The second kappa shape index (κ2) is 7.00. The molecule has 0 bridgehead atoms. The minimum Gasteiger partial charge on any atom is -0.497 e. The number of amides is 1. The quantitative estimate of drug-likeness (QED) is 0.675. The molecule has 1 saturated heterocycles. The summed E-state index contributed by atoms with van der Waals surface area (Å²) in [5.74, 6) is 0.739. The summed E-state index contributed by atoms with van der Waals surface area (Å²) in [4.78, 5) is 18.4. The first-order valence-corrected chi connectivity index (χ1v) is 8.66. The molecule has 1 aliphatic rings. The average Bonchev–Trinajstić information content (AvgIpc) is 3.31. The zero-order valence-electron chi connectivity index (χ0n) is 14.4. The molecular weight excluding hydrogens is 373 g/mol. The normalized spacial score (nSPS) is 16.8. The van der Waals surface area contributed by atoms with Gasteiger partial charge in [-0.05, 0) is 42.5 Å². The Bertz CT molecular complexity index is 990. The fraction of sp³-hybridized carbons (Fsp3) is 0.211. The van der Waals surface area contributed by atoms with Gasteiger partial charge in [0, 0.05) is 30.1 Å². The van der Waals surface area contributed by atoms with Crippen molar-refractivity contribution >= 4 is 23.2 Å². The lowest BCUT2D eigenvalue weighted by molar-refractivity contribution is -0.117. The van der Waals surface area contributed by atoms with Crippen LogP contribution in [0.3, 0.4) is 0 Å². The molecule has 4 rings (SSSR count). The highest BCUT2D eigenvalue weighted by atomic mass is 35.5. The van der Waals surface area contributed by atoms with Crippen LogP contribution < -0.4 is 9.64 Å². The molecule has 8 heteroatoms. The van der Waals surface area contributed by atoms with Gasteiger partial charge in [0.15, 0.2) is 5.82 Å². The van der Waals surface area contributed by atoms with E-state index in [1.54, 1.807) is 24.1 Å². The van der Waals surface area contributed by atoms with Gasteiger partial charge in [-0.2, -0.15) is 4.98 Å². The number of rotatable bonds is 4. The van der Waals surface area contributed by atoms with Gasteiger partial charge < -0.3 is 14.2 Å². The molecule has 0 unspecified atom stereocenters. The Hall–Kier alpha value is -2.93. The number of benzene rings is 2. The molecule has 6 nitrogen and oxygen atoms in total. The van der Waals surface area contributed by atoms with E-state index in [1.165, 1.54) is 18.2 Å². The largest absolute Gasteiger partial charge is 0.497 e. The summed E-state index contributed by atoms with van der Waals surface area (Å²) in [6.07, 6.45) is 0.247. The Kier molecular flexibility index (Phi) is 4.53. The van der Waals surface area contributed by atoms with Crippen LogP contribution >= 0.6 is 11.6 Å². The van der Waals surface area contributed by atoms with Crippen molar-refractivity contribution in [1.82, 2.24) is 10.1 Å². The molecular formula is C19H15ClFN3O3. The summed E-state index contributed by atoms with van der Waals surface area (Å²) in [5.41, 5.74) is 1.31. The van der Waals surface area contributed by atoms with Gasteiger partial charge in [0.1, 0.15) is 11.6 Å². The number of carbonyl (C=O) groups is 1. The van der Waals surface area contributed by atoms with E-state index in [-0.39, 0.29) is 23.3 Å². The maximum atomic E-state index is 13.4. The van der Waals surface area contributed by atoms with Crippen molar-refractivity contribution in [3.8, 4) is 17.2 Å². The highest BCUT2D eigenvalue weighted by Crippen LogP contribution is 2.33. The molecule has 1 aliphatic heterocycles. The van der Waals surface area contributed by atoms with Gasteiger partial charge >= 0.3 is 0 Å². The molecule has 27 heavy (non-hydrogen) atoms. The van der Waals surface area contributed by atoms with Crippen molar-refractivity contribution in [2.45, 2.75) is 12.3 Å². The number of aromatic nitrogens is 2. The van der Waals surface area contributed by atoms with Gasteiger partial charge in [0.25, 0.3) is 5.89 Å². The number of anilines is 1. The molecule has 1 fully saturated rings. The molecule has 1 aromatic heterocycles. The first kappa shape index (κ1) is 17.5. The highest BCUT2D eigenvalue weighted by molar-refractivity contribution is 6.31.